The van der Waals surface area contributed by atoms with Crippen LogP contribution >= 0.6 is 11.6 Å². The third kappa shape index (κ3) is 4.00. The topological polar surface area (TPSA) is 87.9 Å². The maximum atomic E-state index is 14.4. The van der Waals surface area contributed by atoms with Crippen molar-refractivity contribution >= 4 is 11.6 Å². The van der Waals surface area contributed by atoms with E-state index in [4.69, 9.17) is 16.3 Å². The minimum atomic E-state index is -4.97. The van der Waals surface area contributed by atoms with Gasteiger partial charge >= 0.3 is 11.9 Å². The lowest BCUT2D eigenvalue weighted by Crippen LogP contribution is -2.36. The van der Waals surface area contributed by atoms with E-state index < -0.39 is 34.6 Å². The molecule has 148 valence electrons. The summed E-state index contributed by atoms with van der Waals surface area (Å²) in [6.45, 7) is 0. The monoisotopic (exact) mass is 425 g/mol. The lowest BCUT2D eigenvalue weighted by atomic mass is 10.1. The number of aromatic amines is 1. The van der Waals surface area contributed by atoms with E-state index in [0.29, 0.717) is 6.07 Å². The van der Waals surface area contributed by atoms with Gasteiger partial charge in [-0.3, -0.25) is 4.79 Å². The number of benzene rings is 2. The molecule has 1 heterocycles. The van der Waals surface area contributed by atoms with E-state index in [-0.39, 0.29) is 32.7 Å². The van der Waals surface area contributed by atoms with Gasteiger partial charge in [-0.1, -0.05) is 23.7 Å². The second-order valence-corrected chi connectivity index (χ2v) is 6.01. The molecule has 3 rings (SSSR count). The fourth-order valence-corrected chi connectivity index (χ4v) is 2.58. The molecule has 6 nitrogen and oxygen atoms in total. The molecular weight excluding hydrogens is 418 g/mol. The average molecular weight is 426 g/mol. The van der Waals surface area contributed by atoms with E-state index in [0.717, 1.165) is 6.07 Å². The normalized spacial score (nSPS) is 11.2. The molecular formula is C18H8ClF4N3O3. The van der Waals surface area contributed by atoms with Crippen LogP contribution in [0.2, 0.25) is 5.02 Å². The van der Waals surface area contributed by atoms with Gasteiger partial charge in [-0.25, -0.2) is 13.8 Å². The van der Waals surface area contributed by atoms with Gasteiger partial charge in [0.2, 0.25) is 0 Å². The first-order valence-electron chi connectivity index (χ1n) is 7.72. The molecule has 0 unspecified atom stereocenters. The van der Waals surface area contributed by atoms with E-state index in [1.54, 1.807) is 18.2 Å². The van der Waals surface area contributed by atoms with Crippen LogP contribution in [-0.2, 0) is 6.18 Å². The number of nitrogens with one attached hydrogen (secondary N) is 1. The Hall–Kier alpha value is -3.58. The maximum absolute atomic E-state index is 14.4. The Bertz CT molecular complexity index is 1230. The van der Waals surface area contributed by atoms with Crippen molar-refractivity contribution in [3.8, 4) is 23.3 Å². The summed E-state index contributed by atoms with van der Waals surface area (Å²) < 4.78 is 58.3. The van der Waals surface area contributed by atoms with Crippen molar-refractivity contribution in [2.24, 2.45) is 0 Å². The largest absolute Gasteiger partial charge is 0.454 e. The van der Waals surface area contributed by atoms with E-state index in [1.807, 2.05) is 0 Å². The first kappa shape index (κ1) is 20.2. The van der Waals surface area contributed by atoms with Gasteiger partial charge in [0.25, 0.3) is 5.56 Å². The summed E-state index contributed by atoms with van der Waals surface area (Å²) in [6, 6.07) is 9.45. The number of rotatable bonds is 3. The van der Waals surface area contributed by atoms with Gasteiger partial charge in [0.15, 0.2) is 0 Å². The third-order valence-corrected chi connectivity index (χ3v) is 4.02. The highest BCUT2D eigenvalue weighted by atomic mass is 35.5. The first-order chi connectivity index (χ1) is 13.6. The van der Waals surface area contributed by atoms with Crippen LogP contribution in [0.15, 0.2) is 52.1 Å². The SMILES string of the molecule is N#Cc1cc(F)c(-n2c(=O)cc(C(F)(F)F)[nH]c2=O)cc1Oc1ccccc1Cl. The summed E-state index contributed by atoms with van der Waals surface area (Å²) in [5, 5.41) is 9.35. The van der Waals surface area contributed by atoms with Gasteiger partial charge in [-0.05, 0) is 18.2 Å². The number of hydrogen-bond donors (Lipinski definition) is 1. The predicted octanol–water partition coefficient (Wildman–Crippen LogP) is 4.00. The van der Waals surface area contributed by atoms with Gasteiger partial charge in [0, 0.05) is 12.1 Å². The number of nitriles is 1. The fraction of sp³-hybridized carbons (Fsp3) is 0.0556. The number of nitrogens with zero attached hydrogens (tertiary/aromatic N) is 2. The molecule has 1 aromatic heterocycles. The van der Waals surface area contributed by atoms with E-state index in [2.05, 4.69) is 0 Å². The van der Waals surface area contributed by atoms with Gasteiger partial charge < -0.3 is 9.72 Å². The molecule has 0 aliphatic rings. The molecule has 0 saturated carbocycles. The van der Waals surface area contributed by atoms with Crippen LogP contribution in [0.4, 0.5) is 17.6 Å². The Morgan fingerprint density at radius 1 is 1.10 bits per heavy atom. The molecule has 0 aliphatic heterocycles. The average Bonchev–Trinajstić information content (AvgIpc) is 2.64. The zero-order valence-corrected chi connectivity index (χ0v) is 14.8. The molecule has 1 N–H and O–H groups in total. The van der Waals surface area contributed by atoms with Crippen LogP contribution < -0.4 is 16.0 Å². The van der Waals surface area contributed by atoms with Crippen LogP contribution in [0, 0.1) is 17.1 Å². The summed E-state index contributed by atoms with van der Waals surface area (Å²) in [4.78, 5) is 25.6. The molecule has 11 heteroatoms. The Labute approximate surface area is 164 Å². The molecule has 2 aromatic carbocycles. The van der Waals surface area contributed by atoms with Gasteiger partial charge in [0.05, 0.1) is 16.3 Å². The van der Waals surface area contributed by atoms with Crippen LogP contribution in [0.1, 0.15) is 11.3 Å². The molecule has 0 bridgehead atoms. The zero-order chi connectivity index (χ0) is 21.3. The van der Waals surface area contributed by atoms with Crippen molar-refractivity contribution in [1.29, 1.82) is 5.26 Å². The van der Waals surface area contributed by atoms with Gasteiger partial charge in [-0.2, -0.15) is 18.4 Å². The number of halogens is 5. The number of ether oxygens (including phenoxy) is 1. The van der Waals surface area contributed by atoms with Crippen molar-refractivity contribution in [2.45, 2.75) is 6.18 Å². The van der Waals surface area contributed by atoms with E-state index in [1.165, 1.54) is 17.1 Å². The lowest BCUT2D eigenvalue weighted by Gasteiger charge is -2.13. The summed E-state index contributed by atoms with van der Waals surface area (Å²) >= 11 is 5.97. The van der Waals surface area contributed by atoms with E-state index >= 15 is 0 Å². The second-order valence-electron chi connectivity index (χ2n) is 5.60. The molecule has 0 fully saturated rings. The molecule has 3 aromatic rings. The highest BCUT2D eigenvalue weighted by Gasteiger charge is 2.33. The van der Waals surface area contributed by atoms with E-state index in [9.17, 15) is 32.4 Å². The van der Waals surface area contributed by atoms with Crippen LogP contribution in [0.25, 0.3) is 5.69 Å². The Morgan fingerprint density at radius 2 is 1.79 bits per heavy atom. The Morgan fingerprint density at radius 3 is 2.38 bits per heavy atom. The quantitative estimate of drug-likeness (QED) is 0.642. The molecule has 29 heavy (non-hydrogen) atoms. The summed E-state index contributed by atoms with van der Waals surface area (Å²) in [5.74, 6) is -1.36. The van der Waals surface area contributed by atoms with Gasteiger partial charge in [0.1, 0.15) is 29.1 Å². The molecule has 0 saturated heterocycles. The maximum Gasteiger partial charge on any atom is 0.431 e. The fourth-order valence-electron chi connectivity index (χ4n) is 2.41. The lowest BCUT2D eigenvalue weighted by molar-refractivity contribution is -0.141. The van der Waals surface area contributed by atoms with Crippen molar-refractivity contribution in [3.63, 3.8) is 0 Å². The summed E-state index contributed by atoms with van der Waals surface area (Å²) in [6.07, 6.45) is -4.97. The van der Waals surface area contributed by atoms with Crippen LogP contribution in [0.3, 0.4) is 0 Å². The molecule has 0 aliphatic carbocycles. The van der Waals surface area contributed by atoms with Crippen LogP contribution in [0.5, 0.6) is 11.5 Å². The summed E-state index contributed by atoms with van der Waals surface area (Å²) in [7, 11) is 0. The molecule has 0 radical (unpaired) electrons. The first-order valence-corrected chi connectivity index (χ1v) is 8.09. The van der Waals surface area contributed by atoms with Crippen molar-refractivity contribution in [2.75, 3.05) is 0 Å². The second kappa shape index (κ2) is 7.44. The number of aromatic nitrogens is 2. The number of H-pyrrole nitrogens is 1. The van der Waals surface area contributed by atoms with Crippen LogP contribution in [-0.4, -0.2) is 9.55 Å². The van der Waals surface area contributed by atoms with Crippen molar-refractivity contribution in [3.05, 3.63) is 85.4 Å². The van der Waals surface area contributed by atoms with Crippen molar-refractivity contribution in [1.82, 2.24) is 9.55 Å². The highest BCUT2D eigenvalue weighted by Crippen LogP contribution is 2.33. The number of para-hydroxylation sites is 1. The Kier molecular flexibility index (Phi) is 5.18. The summed E-state index contributed by atoms with van der Waals surface area (Å²) in [5.41, 5.74) is -5.51. The minimum Gasteiger partial charge on any atom is -0.454 e. The standard InChI is InChI=1S/C18H8ClF4N3O3/c19-10-3-1-2-4-13(10)29-14-6-12(11(20)5-9(14)8-24)26-16(27)7-15(18(21,22)23)25-17(26)28/h1-7H,(H,25,28). The molecule has 0 atom stereocenters. The smallest absolute Gasteiger partial charge is 0.431 e. The van der Waals surface area contributed by atoms with Crippen molar-refractivity contribution < 1.29 is 22.3 Å². The zero-order valence-electron chi connectivity index (χ0n) is 14.1. The Balaban J connectivity index is 2.20. The molecule has 0 amide bonds. The number of hydrogen-bond acceptors (Lipinski definition) is 4. The van der Waals surface area contributed by atoms with Gasteiger partial charge in [-0.15, -0.1) is 0 Å². The molecule has 0 spiro atoms. The minimum absolute atomic E-state index is 0.0944. The predicted molar refractivity (Wildman–Crippen MR) is 93.9 cm³/mol. The number of alkyl halides is 3. The highest BCUT2D eigenvalue weighted by molar-refractivity contribution is 6.32. The third-order valence-electron chi connectivity index (χ3n) is 3.71.